The SMILES string of the molecule is O=C(NNc1ccc(Cl)cc1)c1cc2ccccc2[nH]1. The van der Waals surface area contributed by atoms with Gasteiger partial charge in [-0.25, -0.2) is 0 Å². The van der Waals surface area contributed by atoms with Gasteiger partial charge in [0.2, 0.25) is 0 Å². The molecule has 1 amide bonds. The molecular formula is C15H12ClN3O. The van der Waals surface area contributed by atoms with Crippen molar-refractivity contribution in [2.24, 2.45) is 0 Å². The van der Waals surface area contributed by atoms with Crippen LogP contribution in [0.5, 0.6) is 0 Å². The number of fused-ring (bicyclic) bond motifs is 1. The fourth-order valence-electron chi connectivity index (χ4n) is 1.93. The van der Waals surface area contributed by atoms with Gasteiger partial charge in [0.1, 0.15) is 5.69 Å². The molecule has 1 heterocycles. The Morgan fingerprint density at radius 3 is 2.55 bits per heavy atom. The number of hydrogen-bond acceptors (Lipinski definition) is 2. The lowest BCUT2D eigenvalue weighted by Crippen LogP contribution is -2.29. The Hall–Kier alpha value is -2.46. The van der Waals surface area contributed by atoms with Crippen LogP contribution in [0.25, 0.3) is 10.9 Å². The molecule has 0 saturated heterocycles. The van der Waals surface area contributed by atoms with Gasteiger partial charge < -0.3 is 4.98 Å². The van der Waals surface area contributed by atoms with Crippen molar-refractivity contribution in [2.45, 2.75) is 0 Å². The maximum atomic E-state index is 12.0. The molecule has 3 aromatic rings. The molecule has 0 bridgehead atoms. The second-order valence-corrected chi connectivity index (χ2v) is 4.79. The van der Waals surface area contributed by atoms with Crippen molar-refractivity contribution < 1.29 is 4.79 Å². The van der Waals surface area contributed by atoms with Crippen molar-refractivity contribution in [3.8, 4) is 0 Å². The van der Waals surface area contributed by atoms with Crippen molar-refractivity contribution in [1.29, 1.82) is 0 Å². The van der Waals surface area contributed by atoms with Gasteiger partial charge in [0.25, 0.3) is 5.91 Å². The molecule has 100 valence electrons. The third-order valence-electron chi connectivity index (χ3n) is 2.94. The van der Waals surface area contributed by atoms with Crippen LogP contribution in [0.1, 0.15) is 10.5 Å². The summed E-state index contributed by atoms with van der Waals surface area (Å²) in [7, 11) is 0. The lowest BCUT2D eigenvalue weighted by Gasteiger charge is -2.07. The first-order valence-corrected chi connectivity index (χ1v) is 6.50. The Labute approximate surface area is 120 Å². The van der Waals surface area contributed by atoms with Crippen LogP contribution in [0.4, 0.5) is 5.69 Å². The van der Waals surface area contributed by atoms with Gasteiger partial charge in [0.05, 0.1) is 5.69 Å². The van der Waals surface area contributed by atoms with Crippen LogP contribution in [-0.4, -0.2) is 10.9 Å². The maximum absolute atomic E-state index is 12.0. The summed E-state index contributed by atoms with van der Waals surface area (Å²) in [5, 5.41) is 1.65. The van der Waals surface area contributed by atoms with Crippen LogP contribution in [0.3, 0.4) is 0 Å². The van der Waals surface area contributed by atoms with Crippen LogP contribution in [0.15, 0.2) is 54.6 Å². The minimum atomic E-state index is -0.226. The Balaban J connectivity index is 1.71. The molecule has 0 aliphatic carbocycles. The lowest BCUT2D eigenvalue weighted by atomic mass is 10.2. The van der Waals surface area contributed by atoms with E-state index in [-0.39, 0.29) is 5.91 Å². The molecule has 20 heavy (non-hydrogen) atoms. The molecular weight excluding hydrogens is 274 g/mol. The normalized spacial score (nSPS) is 10.4. The predicted molar refractivity (Wildman–Crippen MR) is 80.8 cm³/mol. The van der Waals surface area contributed by atoms with Crippen LogP contribution in [-0.2, 0) is 0 Å². The van der Waals surface area contributed by atoms with E-state index in [2.05, 4.69) is 15.8 Å². The first-order valence-electron chi connectivity index (χ1n) is 6.12. The number of hydrogen-bond donors (Lipinski definition) is 3. The second kappa shape index (κ2) is 5.27. The van der Waals surface area contributed by atoms with E-state index in [1.807, 2.05) is 30.3 Å². The van der Waals surface area contributed by atoms with E-state index < -0.39 is 0 Å². The average Bonchev–Trinajstić information content (AvgIpc) is 2.90. The van der Waals surface area contributed by atoms with Gasteiger partial charge >= 0.3 is 0 Å². The molecule has 3 rings (SSSR count). The van der Waals surface area contributed by atoms with E-state index in [0.717, 1.165) is 16.6 Å². The van der Waals surface area contributed by atoms with Crippen molar-refractivity contribution >= 4 is 34.1 Å². The maximum Gasteiger partial charge on any atom is 0.286 e. The zero-order valence-electron chi connectivity index (χ0n) is 10.5. The standard InChI is InChI=1S/C15H12ClN3O/c16-11-5-7-12(8-6-11)18-19-15(20)14-9-10-3-1-2-4-13(10)17-14/h1-9,17-18H,(H,19,20). The van der Waals surface area contributed by atoms with E-state index in [1.165, 1.54) is 0 Å². The van der Waals surface area contributed by atoms with E-state index in [0.29, 0.717) is 10.7 Å². The molecule has 0 spiro atoms. The third kappa shape index (κ3) is 2.60. The van der Waals surface area contributed by atoms with E-state index in [4.69, 9.17) is 11.6 Å². The number of para-hydroxylation sites is 1. The fourth-order valence-corrected chi connectivity index (χ4v) is 2.05. The van der Waals surface area contributed by atoms with Crippen LogP contribution in [0.2, 0.25) is 5.02 Å². The van der Waals surface area contributed by atoms with Gasteiger partial charge in [-0.15, -0.1) is 0 Å². The Morgan fingerprint density at radius 2 is 1.80 bits per heavy atom. The predicted octanol–water partition coefficient (Wildman–Crippen LogP) is 3.58. The van der Waals surface area contributed by atoms with Gasteiger partial charge in [0, 0.05) is 15.9 Å². The molecule has 0 fully saturated rings. The first-order chi connectivity index (χ1) is 9.72. The van der Waals surface area contributed by atoms with Crippen LogP contribution < -0.4 is 10.9 Å². The highest BCUT2D eigenvalue weighted by Crippen LogP contribution is 2.15. The molecule has 1 aromatic heterocycles. The number of carbonyl (C=O) groups excluding carboxylic acids is 1. The molecule has 3 N–H and O–H groups in total. The Bertz CT molecular complexity index is 716. The minimum absolute atomic E-state index is 0.226. The van der Waals surface area contributed by atoms with Gasteiger partial charge in [0.15, 0.2) is 0 Å². The number of carbonyl (C=O) groups is 1. The number of anilines is 1. The zero-order chi connectivity index (χ0) is 13.9. The summed E-state index contributed by atoms with van der Waals surface area (Å²) in [4.78, 5) is 15.1. The summed E-state index contributed by atoms with van der Waals surface area (Å²) in [5.41, 5.74) is 7.67. The number of aromatic nitrogens is 1. The molecule has 4 nitrogen and oxygen atoms in total. The highest BCUT2D eigenvalue weighted by atomic mass is 35.5. The molecule has 2 aromatic carbocycles. The molecule has 0 aliphatic rings. The molecule has 0 aliphatic heterocycles. The number of hydrazine groups is 1. The summed E-state index contributed by atoms with van der Waals surface area (Å²) < 4.78 is 0. The average molecular weight is 286 g/mol. The number of benzene rings is 2. The van der Waals surface area contributed by atoms with Crippen molar-refractivity contribution in [1.82, 2.24) is 10.4 Å². The molecule has 0 atom stereocenters. The first kappa shape index (κ1) is 12.6. The third-order valence-corrected chi connectivity index (χ3v) is 3.19. The number of nitrogens with one attached hydrogen (secondary N) is 3. The number of H-pyrrole nitrogens is 1. The monoisotopic (exact) mass is 285 g/mol. The van der Waals surface area contributed by atoms with Gasteiger partial charge in [-0.3, -0.25) is 15.6 Å². The largest absolute Gasteiger partial charge is 0.350 e. The number of amides is 1. The summed E-state index contributed by atoms with van der Waals surface area (Å²) in [6.45, 7) is 0. The van der Waals surface area contributed by atoms with Crippen molar-refractivity contribution in [2.75, 3.05) is 5.43 Å². The van der Waals surface area contributed by atoms with Crippen LogP contribution in [0, 0.1) is 0 Å². The smallest absolute Gasteiger partial charge is 0.286 e. The highest BCUT2D eigenvalue weighted by Gasteiger charge is 2.08. The van der Waals surface area contributed by atoms with Gasteiger partial charge in [-0.1, -0.05) is 29.8 Å². The van der Waals surface area contributed by atoms with E-state index in [1.54, 1.807) is 24.3 Å². The number of rotatable bonds is 3. The quantitative estimate of drug-likeness (QED) is 0.644. The number of aromatic amines is 1. The van der Waals surface area contributed by atoms with Gasteiger partial charge in [-0.2, -0.15) is 0 Å². The van der Waals surface area contributed by atoms with Crippen LogP contribution >= 0.6 is 11.6 Å². The molecule has 5 heteroatoms. The van der Waals surface area contributed by atoms with E-state index in [9.17, 15) is 4.79 Å². The summed E-state index contributed by atoms with van der Waals surface area (Å²) in [6, 6.07) is 16.6. The Kier molecular flexibility index (Phi) is 3.31. The summed E-state index contributed by atoms with van der Waals surface area (Å²) in [5.74, 6) is -0.226. The molecule has 0 saturated carbocycles. The number of halogens is 1. The second-order valence-electron chi connectivity index (χ2n) is 4.36. The zero-order valence-corrected chi connectivity index (χ0v) is 11.2. The summed E-state index contributed by atoms with van der Waals surface area (Å²) in [6.07, 6.45) is 0. The van der Waals surface area contributed by atoms with E-state index >= 15 is 0 Å². The fraction of sp³-hybridized carbons (Fsp3) is 0. The van der Waals surface area contributed by atoms with Crippen molar-refractivity contribution in [3.63, 3.8) is 0 Å². The Morgan fingerprint density at radius 1 is 1.05 bits per heavy atom. The minimum Gasteiger partial charge on any atom is -0.350 e. The van der Waals surface area contributed by atoms with Gasteiger partial charge in [-0.05, 0) is 36.4 Å². The highest BCUT2D eigenvalue weighted by molar-refractivity contribution is 6.30. The lowest BCUT2D eigenvalue weighted by molar-refractivity contribution is 0.0958. The topological polar surface area (TPSA) is 56.9 Å². The molecule has 0 radical (unpaired) electrons. The molecule has 0 unspecified atom stereocenters. The summed E-state index contributed by atoms with van der Waals surface area (Å²) >= 11 is 5.80. The van der Waals surface area contributed by atoms with Crippen molar-refractivity contribution in [3.05, 3.63) is 65.3 Å².